The fourth-order valence-electron chi connectivity index (χ4n) is 3.74. The summed E-state index contributed by atoms with van der Waals surface area (Å²) in [5, 5.41) is 10.8. The second-order valence-electron chi connectivity index (χ2n) is 7.70. The summed E-state index contributed by atoms with van der Waals surface area (Å²) in [5.74, 6) is -9.58. The lowest BCUT2D eigenvalue weighted by atomic mass is 9.68. The number of ether oxygens (including phenoxy) is 3. The van der Waals surface area contributed by atoms with Crippen molar-refractivity contribution in [2.45, 2.75) is 57.7 Å². The van der Waals surface area contributed by atoms with Gasteiger partial charge in [-0.15, -0.1) is 0 Å². The first-order valence-electron chi connectivity index (χ1n) is 9.24. The zero-order valence-electron chi connectivity index (χ0n) is 16.9. The molecular formula is C20H24O9. The van der Waals surface area contributed by atoms with E-state index < -0.39 is 46.9 Å². The summed E-state index contributed by atoms with van der Waals surface area (Å²) in [7, 11) is 0. The smallest absolute Gasteiger partial charge is 0.357 e. The lowest BCUT2D eigenvalue weighted by molar-refractivity contribution is -0.487. The number of esters is 3. The van der Waals surface area contributed by atoms with Gasteiger partial charge in [0.2, 0.25) is 5.79 Å². The van der Waals surface area contributed by atoms with Crippen molar-refractivity contribution < 1.29 is 43.5 Å². The van der Waals surface area contributed by atoms with Crippen molar-refractivity contribution >= 4 is 17.9 Å². The van der Waals surface area contributed by atoms with E-state index in [1.165, 1.54) is 20.8 Å². The van der Waals surface area contributed by atoms with Gasteiger partial charge in [0, 0.05) is 13.8 Å². The Hall–Kier alpha value is -2.49. The molecule has 29 heavy (non-hydrogen) atoms. The first-order chi connectivity index (χ1) is 13.5. The molecule has 1 aromatic carbocycles. The van der Waals surface area contributed by atoms with E-state index in [0.29, 0.717) is 11.1 Å². The quantitative estimate of drug-likeness (QED) is 0.451. The van der Waals surface area contributed by atoms with Gasteiger partial charge in [-0.1, -0.05) is 24.3 Å². The number of aryl methyl sites for hydroxylation is 1. The Morgan fingerprint density at radius 2 is 1.69 bits per heavy atom. The summed E-state index contributed by atoms with van der Waals surface area (Å²) in [6, 6.07) is 6.79. The van der Waals surface area contributed by atoms with Crippen molar-refractivity contribution in [3.63, 3.8) is 0 Å². The van der Waals surface area contributed by atoms with Crippen molar-refractivity contribution in [2.24, 2.45) is 5.92 Å². The fourth-order valence-corrected chi connectivity index (χ4v) is 3.74. The maximum absolute atomic E-state index is 13.1. The topological polar surface area (TPSA) is 118 Å². The molecule has 1 aromatic rings. The van der Waals surface area contributed by atoms with E-state index in [1.54, 1.807) is 38.1 Å². The van der Waals surface area contributed by atoms with Gasteiger partial charge in [-0.3, -0.25) is 4.79 Å². The normalized spacial score (nSPS) is 30.4. The van der Waals surface area contributed by atoms with Crippen LogP contribution in [0.4, 0.5) is 0 Å². The molecule has 0 bridgehead atoms. The summed E-state index contributed by atoms with van der Waals surface area (Å²) >= 11 is 0. The predicted molar refractivity (Wildman–Crippen MR) is 95.8 cm³/mol. The molecule has 2 aliphatic rings. The van der Waals surface area contributed by atoms with E-state index in [0.717, 1.165) is 0 Å². The van der Waals surface area contributed by atoms with Gasteiger partial charge in [-0.05, 0) is 31.9 Å². The average Bonchev–Trinajstić information content (AvgIpc) is 2.59. The molecule has 0 radical (unpaired) electrons. The van der Waals surface area contributed by atoms with Gasteiger partial charge in [0.25, 0.3) is 5.79 Å². The molecule has 0 saturated carbocycles. The molecule has 2 heterocycles. The van der Waals surface area contributed by atoms with E-state index in [2.05, 4.69) is 0 Å². The first kappa shape index (κ1) is 21.2. The molecular weight excluding hydrogens is 384 g/mol. The minimum absolute atomic E-state index is 0.0156. The first-order valence-corrected chi connectivity index (χ1v) is 9.24. The highest BCUT2D eigenvalue weighted by Gasteiger charge is 2.72. The van der Waals surface area contributed by atoms with Gasteiger partial charge in [0.15, 0.2) is 0 Å². The Morgan fingerprint density at radius 3 is 2.24 bits per heavy atom. The van der Waals surface area contributed by atoms with Crippen LogP contribution >= 0.6 is 0 Å². The van der Waals surface area contributed by atoms with Crippen LogP contribution < -0.4 is 0 Å². The maximum Gasteiger partial charge on any atom is 0.357 e. The number of aliphatic hydroxyl groups is 1. The predicted octanol–water partition coefficient (Wildman–Crippen LogP) is 1.50. The Morgan fingerprint density at radius 1 is 1.10 bits per heavy atom. The van der Waals surface area contributed by atoms with Crippen LogP contribution in [0.3, 0.4) is 0 Å². The van der Waals surface area contributed by atoms with Gasteiger partial charge < -0.3 is 19.3 Å². The highest BCUT2D eigenvalue weighted by atomic mass is 17.2. The molecule has 1 spiro atoms. The molecule has 158 valence electrons. The standard InChI is InChI=1S/C20H24O9/c1-6-25-15(21)14-13(12-10-8-7-9-11(12)2)20(29-28-19(14,5)24)16(22)26-18(3,4)27-17(20)23/h7-10,13-14,24H,6H2,1-5H3/t13-,14+,19+/m1/s1. The largest absolute Gasteiger partial charge is 0.466 e. The minimum atomic E-state index is -2.46. The van der Waals surface area contributed by atoms with Crippen LogP contribution in [0.15, 0.2) is 24.3 Å². The van der Waals surface area contributed by atoms with E-state index in [4.69, 9.17) is 24.0 Å². The van der Waals surface area contributed by atoms with Crippen LogP contribution in [0.25, 0.3) is 0 Å². The highest BCUT2D eigenvalue weighted by molar-refractivity contribution is 6.07. The van der Waals surface area contributed by atoms with Crippen LogP contribution in [0.5, 0.6) is 0 Å². The number of carbonyl (C=O) groups excluding carboxylic acids is 3. The third kappa shape index (κ3) is 3.39. The summed E-state index contributed by atoms with van der Waals surface area (Å²) in [5.41, 5.74) is -1.40. The van der Waals surface area contributed by atoms with Crippen molar-refractivity contribution in [3.8, 4) is 0 Å². The number of hydrogen-bond acceptors (Lipinski definition) is 9. The zero-order valence-corrected chi connectivity index (χ0v) is 16.9. The van der Waals surface area contributed by atoms with Crippen LogP contribution in [-0.4, -0.2) is 46.8 Å². The zero-order chi connectivity index (χ0) is 21.6. The van der Waals surface area contributed by atoms with Gasteiger partial charge in [-0.25, -0.2) is 14.5 Å². The molecule has 9 heteroatoms. The van der Waals surface area contributed by atoms with Crippen molar-refractivity contribution in [1.82, 2.24) is 0 Å². The molecule has 3 atom stereocenters. The van der Waals surface area contributed by atoms with Gasteiger partial charge in [-0.2, -0.15) is 4.89 Å². The molecule has 0 amide bonds. The number of carbonyl (C=O) groups is 3. The maximum atomic E-state index is 13.1. The van der Waals surface area contributed by atoms with Crippen molar-refractivity contribution in [1.29, 1.82) is 0 Å². The molecule has 0 aliphatic carbocycles. The van der Waals surface area contributed by atoms with Gasteiger partial charge >= 0.3 is 23.5 Å². The van der Waals surface area contributed by atoms with Crippen LogP contribution in [0, 0.1) is 12.8 Å². The molecule has 1 N–H and O–H groups in total. The number of rotatable bonds is 3. The SMILES string of the molecule is CCOC(=O)[C@@H]1[C@@H](c2ccccc2C)C2(OO[C@]1(C)O)C(=O)OC(C)(C)OC2=O. The minimum Gasteiger partial charge on any atom is -0.466 e. The van der Waals surface area contributed by atoms with Crippen LogP contribution in [0.2, 0.25) is 0 Å². The lowest BCUT2D eigenvalue weighted by Gasteiger charge is -2.50. The van der Waals surface area contributed by atoms with Crippen LogP contribution in [0.1, 0.15) is 44.7 Å². The van der Waals surface area contributed by atoms with Crippen molar-refractivity contribution in [3.05, 3.63) is 35.4 Å². The second kappa shape index (κ2) is 7.08. The third-order valence-electron chi connectivity index (χ3n) is 5.04. The Labute approximate surface area is 167 Å². The van der Waals surface area contributed by atoms with E-state index in [1.807, 2.05) is 0 Å². The molecule has 9 nitrogen and oxygen atoms in total. The Bertz CT molecular complexity index is 822. The number of hydrogen-bond donors (Lipinski definition) is 1. The second-order valence-corrected chi connectivity index (χ2v) is 7.70. The molecule has 0 aromatic heterocycles. The monoisotopic (exact) mass is 408 g/mol. The fraction of sp³-hybridized carbons (Fsp3) is 0.550. The highest BCUT2D eigenvalue weighted by Crippen LogP contribution is 2.52. The van der Waals surface area contributed by atoms with Gasteiger partial charge in [0.05, 0.1) is 12.5 Å². The summed E-state index contributed by atoms with van der Waals surface area (Å²) in [6.07, 6.45) is 0. The van der Waals surface area contributed by atoms with Gasteiger partial charge in [0.1, 0.15) is 5.92 Å². The van der Waals surface area contributed by atoms with Crippen LogP contribution in [-0.2, 0) is 38.4 Å². The van der Waals surface area contributed by atoms with E-state index in [-0.39, 0.29) is 6.61 Å². The summed E-state index contributed by atoms with van der Waals surface area (Å²) in [4.78, 5) is 49.2. The number of benzene rings is 1. The lowest BCUT2D eigenvalue weighted by Crippen LogP contribution is -2.70. The molecule has 2 fully saturated rings. The molecule has 2 aliphatic heterocycles. The summed E-state index contributed by atoms with van der Waals surface area (Å²) < 4.78 is 15.6. The summed E-state index contributed by atoms with van der Waals surface area (Å²) in [6.45, 7) is 7.32. The molecule has 0 unspecified atom stereocenters. The Balaban J connectivity index is 2.26. The van der Waals surface area contributed by atoms with Crippen molar-refractivity contribution in [2.75, 3.05) is 6.61 Å². The van der Waals surface area contributed by atoms with E-state index in [9.17, 15) is 19.5 Å². The molecule has 2 saturated heterocycles. The number of cyclic esters (lactones) is 2. The Kier molecular flexibility index (Phi) is 5.18. The average molecular weight is 408 g/mol. The third-order valence-corrected chi connectivity index (χ3v) is 5.04. The van der Waals surface area contributed by atoms with E-state index >= 15 is 0 Å². The molecule has 3 rings (SSSR count).